The molecule has 1 aromatic carbocycles. The van der Waals surface area contributed by atoms with Gasteiger partial charge in [-0.05, 0) is 30.3 Å². The van der Waals surface area contributed by atoms with Crippen molar-refractivity contribution >= 4 is 39.2 Å². The lowest BCUT2D eigenvalue weighted by molar-refractivity contribution is -0.137. The third kappa shape index (κ3) is 6.35. The van der Waals surface area contributed by atoms with E-state index in [1.807, 2.05) is 0 Å². The fraction of sp³-hybridized carbons (Fsp3) is 0.238. The quantitative estimate of drug-likeness (QED) is 0.423. The second-order valence-electron chi connectivity index (χ2n) is 7.31. The van der Waals surface area contributed by atoms with Crippen molar-refractivity contribution in [2.75, 3.05) is 35.3 Å². The van der Waals surface area contributed by atoms with Gasteiger partial charge in [0.15, 0.2) is 0 Å². The number of sulfonamides is 1. The van der Waals surface area contributed by atoms with Gasteiger partial charge in [0.05, 0.1) is 6.26 Å². The zero-order valence-electron chi connectivity index (χ0n) is 18.9. The molecular formula is C21H22F3N7O3S. The van der Waals surface area contributed by atoms with E-state index in [-0.39, 0.29) is 24.2 Å². The Morgan fingerprint density at radius 3 is 2.40 bits per heavy atom. The van der Waals surface area contributed by atoms with E-state index in [9.17, 15) is 26.4 Å². The molecular weight excluding hydrogens is 487 g/mol. The van der Waals surface area contributed by atoms with E-state index in [1.165, 1.54) is 38.5 Å². The lowest BCUT2D eigenvalue weighted by Gasteiger charge is -2.20. The van der Waals surface area contributed by atoms with Gasteiger partial charge in [0, 0.05) is 49.8 Å². The molecule has 1 amide bonds. The average molecular weight is 510 g/mol. The van der Waals surface area contributed by atoms with Gasteiger partial charge in [-0.1, -0.05) is 6.07 Å². The molecule has 3 aromatic rings. The molecule has 0 saturated carbocycles. The molecule has 0 atom stereocenters. The fourth-order valence-corrected chi connectivity index (χ4v) is 3.43. The summed E-state index contributed by atoms with van der Waals surface area (Å²) in [5.74, 6) is -0.841. The molecule has 10 nitrogen and oxygen atoms in total. The van der Waals surface area contributed by atoms with Crippen LogP contribution < -0.4 is 20.3 Å². The van der Waals surface area contributed by atoms with Crippen LogP contribution in [0.1, 0.15) is 21.5 Å². The first-order chi connectivity index (χ1) is 16.4. The highest BCUT2D eigenvalue weighted by atomic mass is 32.2. The number of halogens is 3. The largest absolute Gasteiger partial charge is 0.421 e. The molecule has 0 radical (unpaired) electrons. The molecule has 186 valence electrons. The van der Waals surface area contributed by atoms with E-state index in [2.05, 4.69) is 30.9 Å². The number of rotatable bonds is 8. The predicted octanol–water partition coefficient (Wildman–Crippen LogP) is 3.00. The molecule has 0 aliphatic rings. The smallest absolute Gasteiger partial charge is 0.365 e. The van der Waals surface area contributed by atoms with Crippen molar-refractivity contribution in [2.45, 2.75) is 12.7 Å². The van der Waals surface area contributed by atoms with Crippen molar-refractivity contribution in [1.82, 2.24) is 20.3 Å². The maximum atomic E-state index is 13.6. The number of amides is 1. The van der Waals surface area contributed by atoms with Crippen LogP contribution in [0.5, 0.6) is 0 Å². The number of alkyl halides is 3. The molecule has 0 bridgehead atoms. The van der Waals surface area contributed by atoms with Crippen LogP contribution in [0.4, 0.5) is 36.4 Å². The van der Waals surface area contributed by atoms with Gasteiger partial charge in [-0.2, -0.15) is 18.2 Å². The number of carbonyl (C=O) groups is 1. The summed E-state index contributed by atoms with van der Waals surface area (Å²) in [6, 6.07) is 9.26. The molecule has 0 spiro atoms. The lowest BCUT2D eigenvalue weighted by Crippen LogP contribution is -2.27. The summed E-state index contributed by atoms with van der Waals surface area (Å²) in [6.45, 7) is -0.191. The highest BCUT2D eigenvalue weighted by molar-refractivity contribution is 7.92. The highest BCUT2D eigenvalue weighted by Crippen LogP contribution is 2.34. The van der Waals surface area contributed by atoms with Crippen molar-refractivity contribution in [3.05, 3.63) is 65.5 Å². The van der Waals surface area contributed by atoms with E-state index < -0.39 is 27.6 Å². The minimum Gasteiger partial charge on any atom is -0.365 e. The Kier molecular flexibility index (Phi) is 7.43. The Bertz CT molecular complexity index is 1320. The first-order valence-electron chi connectivity index (χ1n) is 10.0. The number of hydrogen-bond donors (Lipinski definition) is 3. The summed E-state index contributed by atoms with van der Waals surface area (Å²) in [7, 11) is -0.853. The number of nitrogens with one attached hydrogen (secondary N) is 3. The van der Waals surface area contributed by atoms with E-state index in [0.29, 0.717) is 23.0 Å². The molecule has 0 aliphatic carbocycles. The van der Waals surface area contributed by atoms with Gasteiger partial charge in [0.1, 0.15) is 17.2 Å². The van der Waals surface area contributed by atoms with Crippen LogP contribution in [0.25, 0.3) is 0 Å². The number of aromatic nitrogens is 3. The van der Waals surface area contributed by atoms with Crippen molar-refractivity contribution in [3.8, 4) is 0 Å². The summed E-state index contributed by atoms with van der Waals surface area (Å²) in [4.78, 5) is 23.4. The molecule has 35 heavy (non-hydrogen) atoms. The molecule has 0 fully saturated rings. The summed E-state index contributed by atoms with van der Waals surface area (Å²) in [5.41, 5.74) is 0.0964. The van der Waals surface area contributed by atoms with Gasteiger partial charge >= 0.3 is 6.18 Å². The maximum absolute atomic E-state index is 13.6. The minimum absolute atomic E-state index is 0.0691. The van der Waals surface area contributed by atoms with E-state index in [1.54, 1.807) is 18.2 Å². The Balaban J connectivity index is 1.88. The van der Waals surface area contributed by atoms with Crippen LogP contribution in [-0.2, 0) is 22.7 Å². The van der Waals surface area contributed by atoms with Crippen LogP contribution in [0.3, 0.4) is 0 Å². The van der Waals surface area contributed by atoms with Crippen molar-refractivity contribution in [1.29, 1.82) is 0 Å². The van der Waals surface area contributed by atoms with Crippen LogP contribution in [0, 0.1) is 0 Å². The summed E-state index contributed by atoms with van der Waals surface area (Å²) in [5, 5.41) is 7.89. The van der Waals surface area contributed by atoms with Gasteiger partial charge in [-0.3, -0.25) is 9.10 Å². The number of hydrogen-bond acceptors (Lipinski definition) is 8. The van der Waals surface area contributed by atoms with E-state index in [4.69, 9.17) is 0 Å². The van der Waals surface area contributed by atoms with Crippen molar-refractivity contribution in [2.24, 2.45) is 0 Å². The third-order valence-electron chi connectivity index (χ3n) is 4.83. The number of anilines is 4. The molecule has 14 heteroatoms. The standard InChI is InChI=1S/C21H22F3N7O3S/c1-25-19(32)13-6-8-15(9-7-13)29-20-28-12-16(21(22,23)24)17(30-20)27-11-14-5-4-10-26-18(14)31(2)35(3,33)34/h4-10,12H,11H2,1-3H3,(H,25,32)(H2,27,28,29,30). The summed E-state index contributed by atoms with van der Waals surface area (Å²) in [6.07, 6.45) is -1.73. The molecule has 2 aromatic heterocycles. The molecule has 0 saturated heterocycles. The van der Waals surface area contributed by atoms with Crippen LogP contribution in [0.15, 0.2) is 48.8 Å². The average Bonchev–Trinajstić information content (AvgIpc) is 2.81. The topological polar surface area (TPSA) is 129 Å². The van der Waals surface area contributed by atoms with Crippen molar-refractivity contribution < 1.29 is 26.4 Å². The summed E-state index contributed by atoms with van der Waals surface area (Å²) >= 11 is 0. The van der Waals surface area contributed by atoms with Gasteiger partial charge in [-0.25, -0.2) is 18.4 Å². The normalized spacial score (nSPS) is 11.6. The minimum atomic E-state index is -4.74. The molecule has 2 heterocycles. The molecule has 3 N–H and O–H groups in total. The van der Waals surface area contributed by atoms with Gasteiger partial charge in [0.2, 0.25) is 16.0 Å². The zero-order valence-corrected chi connectivity index (χ0v) is 19.7. The van der Waals surface area contributed by atoms with Crippen LogP contribution >= 0.6 is 0 Å². The summed E-state index contributed by atoms with van der Waals surface area (Å²) < 4.78 is 65.5. The van der Waals surface area contributed by atoms with Crippen LogP contribution in [0.2, 0.25) is 0 Å². The highest BCUT2D eigenvalue weighted by Gasteiger charge is 2.35. The monoisotopic (exact) mass is 509 g/mol. The Hall–Kier alpha value is -3.94. The second-order valence-corrected chi connectivity index (χ2v) is 9.32. The SMILES string of the molecule is CNC(=O)c1ccc(Nc2ncc(C(F)(F)F)c(NCc3cccnc3N(C)S(C)(=O)=O)n2)cc1. The van der Waals surface area contributed by atoms with Crippen molar-refractivity contribution in [3.63, 3.8) is 0 Å². The Morgan fingerprint density at radius 2 is 1.80 bits per heavy atom. The first kappa shape index (κ1) is 25.7. The fourth-order valence-electron chi connectivity index (χ4n) is 2.95. The van der Waals surface area contributed by atoms with Crippen LogP contribution in [-0.4, -0.2) is 49.6 Å². The maximum Gasteiger partial charge on any atom is 0.421 e. The Labute approximate surface area is 199 Å². The third-order valence-corrected chi connectivity index (χ3v) is 6.00. The predicted molar refractivity (Wildman–Crippen MR) is 125 cm³/mol. The van der Waals surface area contributed by atoms with E-state index in [0.717, 1.165) is 10.6 Å². The number of benzene rings is 1. The number of carbonyl (C=O) groups excluding carboxylic acids is 1. The number of nitrogens with zero attached hydrogens (tertiary/aromatic N) is 4. The first-order valence-corrected chi connectivity index (χ1v) is 11.9. The van der Waals surface area contributed by atoms with E-state index >= 15 is 0 Å². The molecule has 0 unspecified atom stereocenters. The second kappa shape index (κ2) is 10.1. The Morgan fingerprint density at radius 1 is 1.11 bits per heavy atom. The van der Waals surface area contributed by atoms with Gasteiger partial charge < -0.3 is 16.0 Å². The van der Waals surface area contributed by atoms with Gasteiger partial charge in [0.25, 0.3) is 5.91 Å². The number of pyridine rings is 1. The lowest BCUT2D eigenvalue weighted by atomic mass is 10.2. The molecule has 0 aliphatic heterocycles. The van der Waals surface area contributed by atoms with Gasteiger partial charge in [-0.15, -0.1) is 0 Å². The zero-order chi connectivity index (χ0) is 25.8. The molecule has 3 rings (SSSR count).